The lowest BCUT2D eigenvalue weighted by molar-refractivity contribution is -0.139. The van der Waals surface area contributed by atoms with Gasteiger partial charge in [0, 0.05) is 31.7 Å². The summed E-state index contributed by atoms with van der Waals surface area (Å²) in [6, 6.07) is 12.1. The number of nitrogens with one attached hydrogen (secondary N) is 1. The Morgan fingerprint density at radius 3 is 2.28 bits per heavy atom. The van der Waals surface area contributed by atoms with Crippen molar-refractivity contribution in [3.8, 4) is 0 Å². The van der Waals surface area contributed by atoms with Crippen molar-refractivity contribution in [3.63, 3.8) is 0 Å². The summed E-state index contributed by atoms with van der Waals surface area (Å²) in [6.45, 7) is 9.50. The van der Waals surface area contributed by atoms with E-state index in [9.17, 15) is 18.0 Å². The Bertz CT molecular complexity index is 1180. The lowest BCUT2D eigenvalue weighted by Crippen LogP contribution is -2.52. The molecule has 0 saturated heterocycles. The third-order valence-corrected chi connectivity index (χ3v) is 8.04. The monoisotopic (exact) mass is 580 g/mol. The van der Waals surface area contributed by atoms with E-state index in [1.54, 1.807) is 19.9 Å². The van der Waals surface area contributed by atoms with Crippen LogP contribution < -0.4 is 9.62 Å². The van der Waals surface area contributed by atoms with Crippen LogP contribution in [-0.4, -0.2) is 62.7 Å². The van der Waals surface area contributed by atoms with Gasteiger partial charge in [0.2, 0.25) is 11.8 Å². The summed E-state index contributed by atoms with van der Waals surface area (Å²) in [7, 11) is -1.14. The van der Waals surface area contributed by atoms with E-state index < -0.39 is 28.7 Å². The fourth-order valence-corrected chi connectivity index (χ4v) is 5.12. The predicted molar refractivity (Wildman–Crippen MR) is 148 cm³/mol. The molecule has 0 spiro atoms. The number of carbonyl (C=O) groups excluding carboxylic acids is 2. The molecule has 0 aliphatic heterocycles. The van der Waals surface area contributed by atoms with E-state index in [0.29, 0.717) is 12.2 Å². The first-order chi connectivity index (χ1) is 16.7. The quantitative estimate of drug-likeness (QED) is 0.437. The minimum Gasteiger partial charge on any atom is -0.354 e. The van der Waals surface area contributed by atoms with Crippen LogP contribution in [0.2, 0.25) is 0 Å². The second-order valence-corrected chi connectivity index (χ2v) is 12.5. The van der Waals surface area contributed by atoms with Gasteiger partial charge in [0.15, 0.2) is 0 Å². The van der Waals surface area contributed by atoms with Crippen LogP contribution >= 0.6 is 15.9 Å². The molecule has 1 atom stereocenters. The smallest absolute Gasteiger partial charge is 0.304 e. The second kappa shape index (κ2) is 12.7. The highest BCUT2D eigenvalue weighted by molar-refractivity contribution is 9.10. The topological polar surface area (TPSA) is 90.0 Å². The van der Waals surface area contributed by atoms with Crippen molar-refractivity contribution >= 4 is 43.6 Å². The Morgan fingerprint density at radius 2 is 1.69 bits per heavy atom. The highest BCUT2D eigenvalue weighted by Crippen LogP contribution is 2.26. The molecule has 1 N–H and O–H groups in total. The zero-order valence-corrected chi connectivity index (χ0v) is 24.5. The van der Waals surface area contributed by atoms with Crippen LogP contribution in [0.5, 0.6) is 0 Å². The molecule has 2 rings (SSSR count). The summed E-state index contributed by atoms with van der Waals surface area (Å²) in [5, 5.41) is 2.88. The van der Waals surface area contributed by atoms with Gasteiger partial charge in [-0.1, -0.05) is 54.0 Å². The summed E-state index contributed by atoms with van der Waals surface area (Å²) in [6.07, 6.45) is 0. The molecule has 0 aromatic heterocycles. The van der Waals surface area contributed by atoms with Crippen LogP contribution in [0.1, 0.15) is 37.5 Å². The Hall–Kier alpha value is -2.43. The van der Waals surface area contributed by atoms with Gasteiger partial charge in [0.1, 0.15) is 12.6 Å². The summed E-state index contributed by atoms with van der Waals surface area (Å²) in [5.41, 5.74) is 2.83. The Balaban J connectivity index is 2.49. The van der Waals surface area contributed by atoms with Crippen LogP contribution in [0.4, 0.5) is 5.69 Å². The van der Waals surface area contributed by atoms with E-state index in [4.69, 9.17) is 0 Å². The zero-order chi connectivity index (χ0) is 27.2. The second-order valence-electron chi connectivity index (χ2n) is 9.55. The molecule has 198 valence electrons. The molecule has 0 bridgehead atoms. The summed E-state index contributed by atoms with van der Waals surface area (Å²) in [4.78, 5) is 28.2. The maximum absolute atomic E-state index is 13.8. The van der Waals surface area contributed by atoms with Gasteiger partial charge in [-0.15, -0.1) is 0 Å². The highest BCUT2D eigenvalue weighted by Gasteiger charge is 2.33. The molecule has 8 nitrogen and oxygen atoms in total. The summed E-state index contributed by atoms with van der Waals surface area (Å²) in [5.74, 6) is -0.519. The van der Waals surface area contributed by atoms with Crippen molar-refractivity contribution < 1.29 is 18.0 Å². The van der Waals surface area contributed by atoms with E-state index in [1.165, 1.54) is 19.0 Å². The third kappa shape index (κ3) is 7.78. The fraction of sp³-hybridized carbons (Fsp3) is 0.462. The summed E-state index contributed by atoms with van der Waals surface area (Å²) >= 11 is 3.45. The van der Waals surface area contributed by atoms with Gasteiger partial charge in [-0.05, 0) is 61.6 Å². The standard InChI is InChI=1S/C26H37BrN4O4S/c1-18(2)15-28-26(33)21(5)30(16-22-9-8-10-23(27)14-22)25(32)17-31(36(34,35)29(6)7)24-13-19(3)11-12-20(24)4/h8-14,18,21H,15-17H2,1-7H3,(H,28,33)/t21-/m1/s1. The van der Waals surface area contributed by atoms with E-state index in [1.807, 2.05) is 57.2 Å². The number of hydrogen-bond acceptors (Lipinski definition) is 4. The molecular formula is C26H37BrN4O4S. The molecule has 36 heavy (non-hydrogen) atoms. The molecular weight excluding hydrogens is 544 g/mol. The van der Waals surface area contributed by atoms with Crippen LogP contribution in [0.3, 0.4) is 0 Å². The Kier molecular flexibility index (Phi) is 10.5. The van der Waals surface area contributed by atoms with E-state index in [-0.39, 0.29) is 18.4 Å². The number of anilines is 1. The Labute approximate surface area is 224 Å². The van der Waals surface area contributed by atoms with Crippen molar-refractivity contribution in [1.82, 2.24) is 14.5 Å². The largest absolute Gasteiger partial charge is 0.354 e. The van der Waals surface area contributed by atoms with Crippen molar-refractivity contribution in [1.29, 1.82) is 0 Å². The predicted octanol–water partition coefficient (Wildman–Crippen LogP) is 3.87. The average Bonchev–Trinajstić information content (AvgIpc) is 2.80. The van der Waals surface area contributed by atoms with Crippen molar-refractivity contribution in [2.45, 2.75) is 47.2 Å². The number of carbonyl (C=O) groups is 2. The van der Waals surface area contributed by atoms with E-state index in [2.05, 4.69) is 21.2 Å². The SMILES string of the molecule is Cc1ccc(C)c(N(CC(=O)N(Cc2cccc(Br)c2)[C@H](C)C(=O)NCC(C)C)S(=O)(=O)N(C)C)c1. The number of rotatable bonds is 11. The molecule has 0 unspecified atom stereocenters. The fourth-order valence-electron chi connectivity index (χ4n) is 3.56. The zero-order valence-electron chi connectivity index (χ0n) is 22.1. The minimum atomic E-state index is -4.00. The van der Waals surface area contributed by atoms with Gasteiger partial charge < -0.3 is 10.2 Å². The molecule has 2 amide bonds. The number of halogens is 1. The van der Waals surface area contributed by atoms with Crippen molar-refractivity contribution in [3.05, 3.63) is 63.6 Å². The van der Waals surface area contributed by atoms with Gasteiger partial charge in [-0.3, -0.25) is 9.59 Å². The van der Waals surface area contributed by atoms with E-state index in [0.717, 1.165) is 29.8 Å². The number of nitrogens with zero attached hydrogens (tertiary/aromatic N) is 3. The lowest BCUT2D eigenvalue weighted by atomic mass is 10.1. The van der Waals surface area contributed by atoms with Crippen LogP contribution in [-0.2, 0) is 26.3 Å². The average molecular weight is 582 g/mol. The third-order valence-electron chi connectivity index (χ3n) is 5.75. The van der Waals surface area contributed by atoms with Crippen molar-refractivity contribution in [2.75, 3.05) is 31.5 Å². The molecule has 2 aromatic carbocycles. The molecule has 0 aliphatic rings. The first kappa shape index (κ1) is 29.8. The van der Waals surface area contributed by atoms with Crippen molar-refractivity contribution in [2.24, 2.45) is 5.92 Å². The van der Waals surface area contributed by atoms with Crippen LogP contribution in [0, 0.1) is 19.8 Å². The van der Waals surface area contributed by atoms with Gasteiger partial charge in [0.25, 0.3) is 0 Å². The molecule has 0 fully saturated rings. The van der Waals surface area contributed by atoms with Crippen LogP contribution in [0.15, 0.2) is 46.9 Å². The number of hydrogen-bond donors (Lipinski definition) is 1. The van der Waals surface area contributed by atoms with Crippen LogP contribution in [0.25, 0.3) is 0 Å². The lowest BCUT2D eigenvalue weighted by Gasteiger charge is -2.33. The van der Waals surface area contributed by atoms with Gasteiger partial charge in [-0.25, -0.2) is 4.31 Å². The number of amides is 2. The normalized spacial score (nSPS) is 12.5. The Morgan fingerprint density at radius 1 is 1.03 bits per heavy atom. The van der Waals surface area contributed by atoms with Gasteiger partial charge in [0.05, 0.1) is 5.69 Å². The first-order valence-corrected chi connectivity index (χ1v) is 14.0. The number of benzene rings is 2. The van der Waals surface area contributed by atoms with E-state index >= 15 is 0 Å². The molecule has 10 heteroatoms. The first-order valence-electron chi connectivity index (χ1n) is 11.8. The molecule has 0 saturated carbocycles. The van der Waals surface area contributed by atoms with Gasteiger partial charge in [-0.2, -0.15) is 12.7 Å². The molecule has 2 aromatic rings. The number of aryl methyl sites for hydroxylation is 2. The van der Waals surface area contributed by atoms with Gasteiger partial charge >= 0.3 is 10.2 Å². The molecule has 0 aliphatic carbocycles. The molecule has 0 radical (unpaired) electrons. The maximum Gasteiger partial charge on any atom is 0.304 e. The maximum atomic E-state index is 13.8. The highest BCUT2D eigenvalue weighted by atomic mass is 79.9. The molecule has 0 heterocycles. The summed E-state index contributed by atoms with van der Waals surface area (Å²) < 4.78 is 29.7. The minimum absolute atomic E-state index is 0.150.